The van der Waals surface area contributed by atoms with Crippen LogP contribution in [0, 0.1) is 11.8 Å². The van der Waals surface area contributed by atoms with Gasteiger partial charge in [0.25, 0.3) is 0 Å². The summed E-state index contributed by atoms with van der Waals surface area (Å²) >= 11 is 0. The van der Waals surface area contributed by atoms with Crippen LogP contribution in [0.3, 0.4) is 0 Å². The summed E-state index contributed by atoms with van der Waals surface area (Å²) in [5.74, 6) is 0.611. The van der Waals surface area contributed by atoms with Crippen molar-refractivity contribution in [2.75, 3.05) is 0 Å². The number of hydrogen-bond donors (Lipinski definition) is 2. The lowest BCUT2D eigenvalue weighted by Gasteiger charge is -2.29. The smallest absolute Gasteiger partial charge is 0.0884 e. The fourth-order valence-electron chi connectivity index (χ4n) is 2.67. The molecule has 1 aliphatic carbocycles. The zero-order valence-corrected chi connectivity index (χ0v) is 15.0. The fraction of sp³-hybridized carbons (Fsp3) is 0.700. The fourth-order valence-corrected chi connectivity index (χ4v) is 2.67. The molecule has 0 aromatic heterocycles. The Morgan fingerprint density at radius 1 is 1.18 bits per heavy atom. The summed E-state index contributed by atoms with van der Waals surface area (Å²) < 4.78 is 0. The molecule has 126 valence electrons. The first-order valence-corrected chi connectivity index (χ1v) is 8.66. The van der Waals surface area contributed by atoms with Gasteiger partial charge in [0.2, 0.25) is 0 Å². The highest BCUT2D eigenvalue weighted by Crippen LogP contribution is 2.27. The third-order valence-corrected chi connectivity index (χ3v) is 4.92. The first-order chi connectivity index (χ1) is 10.2. The zero-order valence-electron chi connectivity index (χ0n) is 15.0. The molecule has 0 bridgehead atoms. The van der Waals surface area contributed by atoms with Crippen LogP contribution in [0.4, 0.5) is 0 Å². The predicted octanol–water partition coefficient (Wildman–Crippen LogP) is 4.78. The van der Waals surface area contributed by atoms with E-state index < -0.39 is 11.7 Å². The van der Waals surface area contributed by atoms with Gasteiger partial charge in [0.05, 0.1) is 11.7 Å². The van der Waals surface area contributed by atoms with E-state index in [0.717, 1.165) is 31.3 Å². The summed E-state index contributed by atoms with van der Waals surface area (Å²) in [4.78, 5) is 0. The first kappa shape index (κ1) is 19.2. The summed E-state index contributed by atoms with van der Waals surface area (Å²) in [6, 6.07) is 0. The summed E-state index contributed by atoms with van der Waals surface area (Å²) in [5.41, 5.74) is 1.50. The van der Waals surface area contributed by atoms with Crippen LogP contribution in [-0.2, 0) is 0 Å². The van der Waals surface area contributed by atoms with E-state index in [4.69, 9.17) is 0 Å². The van der Waals surface area contributed by atoms with Crippen LogP contribution in [-0.4, -0.2) is 21.9 Å². The molecule has 2 nitrogen and oxygen atoms in total. The molecule has 0 heterocycles. The molecule has 0 aliphatic heterocycles. The van der Waals surface area contributed by atoms with Gasteiger partial charge in [0.15, 0.2) is 0 Å². The van der Waals surface area contributed by atoms with Crippen LogP contribution in [0.1, 0.15) is 66.7 Å². The Morgan fingerprint density at radius 2 is 1.86 bits per heavy atom. The molecule has 2 heteroatoms. The van der Waals surface area contributed by atoms with Gasteiger partial charge in [-0.3, -0.25) is 0 Å². The van der Waals surface area contributed by atoms with E-state index >= 15 is 0 Å². The highest BCUT2D eigenvalue weighted by Gasteiger charge is 2.27. The molecule has 0 aromatic rings. The van der Waals surface area contributed by atoms with Crippen LogP contribution in [0.2, 0.25) is 0 Å². The van der Waals surface area contributed by atoms with Crippen molar-refractivity contribution < 1.29 is 10.2 Å². The third kappa shape index (κ3) is 6.10. The van der Waals surface area contributed by atoms with E-state index in [1.54, 1.807) is 0 Å². The van der Waals surface area contributed by atoms with Gasteiger partial charge >= 0.3 is 0 Å². The Balaban J connectivity index is 3.00. The maximum Gasteiger partial charge on any atom is 0.0884 e. The van der Waals surface area contributed by atoms with Gasteiger partial charge in [-0.1, -0.05) is 50.6 Å². The van der Waals surface area contributed by atoms with Crippen LogP contribution < -0.4 is 0 Å². The Bertz CT molecular complexity index is 431. The van der Waals surface area contributed by atoms with Gasteiger partial charge in [0.1, 0.15) is 0 Å². The summed E-state index contributed by atoms with van der Waals surface area (Å²) in [5, 5.41) is 21.2. The van der Waals surface area contributed by atoms with Gasteiger partial charge in [-0.25, -0.2) is 0 Å². The molecule has 1 aliphatic rings. The molecule has 0 saturated carbocycles. The molecular weight excluding hydrogens is 272 g/mol. The second kappa shape index (κ2) is 8.69. The highest BCUT2D eigenvalue weighted by atomic mass is 16.3. The maximum atomic E-state index is 10.9. The van der Waals surface area contributed by atoms with Crippen LogP contribution in [0.25, 0.3) is 0 Å². The zero-order chi connectivity index (χ0) is 16.8. The lowest BCUT2D eigenvalue weighted by atomic mass is 9.84. The van der Waals surface area contributed by atoms with Crippen LogP contribution in [0.15, 0.2) is 35.5 Å². The minimum Gasteiger partial charge on any atom is -0.389 e. The predicted molar refractivity (Wildman–Crippen MR) is 94.7 cm³/mol. The lowest BCUT2D eigenvalue weighted by Crippen LogP contribution is -2.32. The van der Waals surface area contributed by atoms with Gasteiger partial charge in [-0.05, 0) is 63.4 Å². The molecule has 0 radical (unpaired) electrons. The Hall–Kier alpha value is -0.860. The van der Waals surface area contributed by atoms with Crippen molar-refractivity contribution >= 4 is 0 Å². The minimum atomic E-state index is -0.828. The molecule has 0 saturated heterocycles. The van der Waals surface area contributed by atoms with E-state index in [2.05, 4.69) is 26.0 Å². The monoisotopic (exact) mass is 306 g/mol. The highest BCUT2D eigenvalue weighted by molar-refractivity contribution is 5.13. The third-order valence-electron chi connectivity index (χ3n) is 4.92. The van der Waals surface area contributed by atoms with Crippen LogP contribution in [0.5, 0.6) is 0 Å². The average Bonchev–Trinajstić information content (AvgIpc) is 2.47. The van der Waals surface area contributed by atoms with Crippen LogP contribution >= 0.6 is 0 Å². The topological polar surface area (TPSA) is 40.5 Å². The second-order valence-electron chi connectivity index (χ2n) is 7.32. The number of rotatable bonds is 1. The van der Waals surface area contributed by atoms with Gasteiger partial charge in [-0.2, -0.15) is 0 Å². The normalized spacial score (nSPS) is 38.5. The quantitative estimate of drug-likeness (QED) is 0.684. The van der Waals surface area contributed by atoms with Gasteiger partial charge in [0, 0.05) is 0 Å². The van der Waals surface area contributed by atoms with E-state index in [1.165, 1.54) is 5.57 Å². The van der Waals surface area contributed by atoms with Crippen molar-refractivity contribution in [3.05, 3.63) is 35.5 Å². The second-order valence-corrected chi connectivity index (χ2v) is 7.32. The summed E-state index contributed by atoms with van der Waals surface area (Å²) in [7, 11) is 0. The SMILES string of the molecule is C/C1=C\CC[C@H](C)/C=C/[C@@](O)(C(C)C)C/C=C(\C)[C@@H](O)CC1. The molecule has 0 spiro atoms. The Kier molecular flexibility index (Phi) is 7.58. The van der Waals surface area contributed by atoms with E-state index in [1.807, 2.05) is 32.9 Å². The minimum absolute atomic E-state index is 0.146. The van der Waals surface area contributed by atoms with Gasteiger partial charge < -0.3 is 10.2 Å². The average molecular weight is 306 g/mol. The molecule has 3 atom stereocenters. The molecular formula is C20H34O2. The molecule has 2 N–H and O–H groups in total. The molecule has 22 heavy (non-hydrogen) atoms. The number of hydrogen-bond acceptors (Lipinski definition) is 2. The molecule has 1 rings (SSSR count). The van der Waals surface area contributed by atoms with Crippen molar-refractivity contribution in [3.63, 3.8) is 0 Å². The standard InChI is InChI=1S/C20H34O2/c1-15(2)20(22)13-11-17(4)8-6-7-16(3)9-10-19(21)18(5)12-14-20/h7,11-13,15,17,19,21-22H,6,8-10,14H2,1-5H3/b13-11+,16-7+,18-12+/t17-,19-,20-/m0/s1. The first-order valence-electron chi connectivity index (χ1n) is 8.66. The van der Waals surface area contributed by atoms with Gasteiger partial charge in [-0.15, -0.1) is 0 Å². The molecule has 0 amide bonds. The Morgan fingerprint density at radius 3 is 2.50 bits per heavy atom. The van der Waals surface area contributed by atoms with Crippen molar-refractivity contribution in [3.8, 4) is 0 Å². The van der Waals surface area contributed by atoms with E-state index in [9.17, 15) is 10.2 Å². The number of aliphatic hydroxyl groups excluding tert-OH is 1. The van der Waals surface area contributed by atoms with Crippen molar-refractivity contribution in [1.82, 2.24) is 0 Å². The molecule has 0 fully saturated rings. The summed E-state index contributed by atoms with van der Waals surface area (Å²) in [6.07, 6.45) is 12.4. The van der Waals surface area contributed by atoms with E-state index in [-0.39, 0.29) is 5.92 Å². The molecule has 0 unspecified atom stereocenters. The number of allylic oxidation sites excluding steroid dienone is 3. The van der Waals surface area contributed by atoms with Crippen molar-refractivity contribution in [1.29, 1.82) is 0 Å². The van der Waals surface area contributed by atoms with Crippen molar-refractivity contribution in [2.24, 2.45) is 11.8 Å². The Labute approximate surface area is 136 Å². The van der Waals surface area contributed by atoms with E-state index in [0.29, 0.717) is 12.3 Å². The lowest BCUT2D eigenvalue weighted by molar-refractivity contribution is 0.0452. The largest absolute Gasteiger partial charge is 0.389 e. The maximum absolute atomic E-state index is 10.9. The van der Waals surface area contributed by atoms with Crippen molar-refractivity contribution in [2.45, 2.75) is 78.4 Å². The summed E-state index contributed by atoms with van der Waals surface area (Å²) in [6.45, 7) is 10.4. The molecule has 0 aromatic carbocycles. The number of aliphatic hydroxyl groups is 2.